The molecule has 1 atom stereocenters. The molecule has 0 radical (unpaired) electrons. The summed E-state index contributed by atoms with van der Waals surface area (Å²) in [6.07, 6.45) is 1.10. The molecule has 0 amide bonds. The van der Waals surface area contributed by atoms with Gasteiger partial charge in [-0.05, 0) is 24.9 Å². The third-order valence-corrected chi connectivity index (χ3v) is 3.31. The van der Waals surface area contributed by atoms with Gasteiger partial charge in [0.1, 0.15) is 5.82 Å². The van der Waals surface area contributed by atoms with Crippen LogP contribution in [-0.4, -0.2) is 47.9 Å². The minimum Gasteiger partial charge on any atom is -0.423 e. The van der Waals surface area contributed by atoms with Crippen molar-refractivity contribution in [2.45, 2.75) is 26.0 Å². The van der Waals surface area contributed by atoms with Gasteiger partial charge in [-0.15, -0.1) is 0 Å². The van der Waals surface area contributed by atoms with E-state index in [9.17, 15) is 4.39 Å². The van der Waals surface area contributed by atoms with Crippen molar-refractivity contribution in [3.05, 3.63) is 29.6 Å². The van der Waals surface area contributed by atoms with E-state index >= 15 is 0 Å². The zero-order chi connectivity index (χ0) is 13.8. The third kappa shape index (κ3) is 4.01. The summed E-state index contributed by atoms with van der Waals surface area (Å²) in [4.78, 5) is 2.16. The number of nitrogens with zero attached hydrogens (tertiary/aromatic N) is 1. The summed E-state index contributed by atoms with van der Waals surface area (Å²) in [5.41, 5.74) is 0.743. The molecule has 1 aliphatic heterocycles. The third-order valence-electron chi connectivity index (χ3n) is 3.31. The van der Waals surface area contributed by atoms with Crippen molar-refractivity contribution in [3.63, 3.8) is 0 Å². The van der Waals surface area contributed by atoms with E-state index < -0.39 is 12.9 Å². The molecule has 1 aliphatic rings. The fourth-order valence-corrected chi connectivity index (χ4v) is 2.32. The molecule has 1 fully saturated rings. The van der Waals surface area contributed by atoms with Gasteiger partial charge in [-0.3, -0.25) is 4.90 Å². The van der Waals surface area contributed by atoms with Crippen LogP contribution >= 0.6 is 0 Å². The van der Waals surface area contributed by atoms with Gasteiger partial charge in [-0.2, -0.15) is 0 Å². The van der Waals surface area contributed by atoms with Gasteiger partial charge in [0.15, 0.2) is 0 Å². The first-order valence-corrected chi connectivity index (χ1v) is 6.54. The highest BCUT2D eigenvalue weighted by molar-refractivity contribution is 6.58. The van der Waals surface area contributed by atoms with Gasteiger partial charge in [-0.1, -0.05) is 12.1 Å². The van der Waals surface area contributed by atoms with E-state index in [-0.39, 0.29) is 11.6 Å². The second kappa shape index (κ2) is 6.48. The topological polar surface area (TPSA) is 52.9 Å². The molecule has 0 spiro atoms. The van der Waals surface area contributed by atoms with Crippen molar-refractivity contribution < 1.29 is 19.2 Å². The van der Waals surface area contributed by atoms with Crippen LogP contribution in [0.25, 0.3) is 0 Å². The Bertz CT molecular complexity index is 430. The van der Waals surface area contributed by atoms with Crippen LogP contribution in [0.4, 0.5) is 4.39 Å². The normalized spacial score (nSPS) is 21.2. The number of benzene rings is 1. The first kappa shape index (κ1) is 14.5. The molecule has 0 aliphatic carbocycles. The van der Waals surface area contributed by atoms with Crippen LogP contribution in [0.3, 0.4) is 0 Å². The Balaban J connectivity index is 2.05. The first-order chi connectivity index (χ1) is 9.06. The smallest absolute Gasteiger partial charge is 0.423 e. The molecule has 0 aromatic heterocycles. The van der Waals surface area contributed by atoms with Crippen molar-refractivity contribution in [2.75, 3.05) is 19.7 Å². The fraction of sp³-hybridized carbons (Fsp3) is 0.538. The number of rotatable bonds is 3. The summed E-state index contributed by atoms with van der Waals surface area (Å²) in [6, 6.07) is 4.33. The van der Waals surface area contributed by atoms with E-state index in [0.717, 1.165) is 26.1 Å². The van der Waals surface area contributed by atoms with E-state index in [1.807, 2.05) is 6.92 Å². The van der Waals surface area contributed by atoms with E-state index in [2.05, 4.69) is 4.90 Å². The lowest BCUT2D eigenvalue weighted by Gasteiger charge is -2.22. The van der Waals surface area contributed by atoms with Gasteiger partial charge in [0.25, 0.3) is 0 Å². The second-order valence-corrected chi connectivity index (χ2v) is 4.99. The molecule has 0 saturated carbocycles. The lowest BCUT2D eigenvalue weighted by molar-refractivity contribution is 0.0666. The van der Waals surface area contributed by atoms with Crippen LogP contribution in [0.2, 0.25) is 0 Å². The average Bonchev–Trinajstić information content (AvgIpc) is 2.56. The summed E-state index contributed by atoms with van der Waals surface area (Å²) in [5, 5.41) is 18.0. The average molecular weight is 267 g/mol. The molecular weight excluding hydrogens is 248 g/mol. The molecule has 2 rings (SSSR count). The number of hydrogen-bond acceptors (Lipinski definition) is 4. The Hall–Kier alpha value is -0.945. The lowest BCUT2D eigenvalue weighted by Crippen LogP contribution is -2.32. The quantitative estimate of drug-likeness (QED) is 0.764. The molecule has 1 saturated heterocycles. The maximum absolute atomic E-state index is 13.9. The summed E-state index contributed by atoms with van der Waals surface area (Å²) in [7, 11) is -1.63. The van der Waals surface area contributed by atoms with Gasteiger partial charge in [-0.25, -0.2) is 4.39 Å². The molecule has 4 nitrogen and oxygen atoms in total. The minimum atomic E-state index is -1.63. The van der Waals surface area contributed by atoms with Crippen molar-refractivity contribution in [3.8, 4) is 0 Å². The highest BCUT2D eigenvalue weighted by Gasteiger charge is 2.18. The van der Waals surface area contributed by atoms with Crippen LogP contribution in [0.5, 0.6) is 0 Å². The molecule has 1 aromatic rings. The minimum absolute atomic E-state index is 0.157. The lowest BCUT2D eigenvalue weighted by atomic mass is 9.80. The molecule has 6 heteroatoms. The first-order valence-electron chi connectivity index (χ1n) is 6.54. The van der Waals surface area contributed by atoms with Gasteiger partial charge in [0, 0.05) is 31.8 Å². The molecule has 1 unspecified atom stereocenters. The van der Waals surface area contributed by atoms with Crippen LogP contribution in [0.15, 0.2) is 18.2 Å². The zero-order valence-electron chi connectivity index (χ0n) is 11.1. The molecule has 1 heterocycles. The number of ether oxygens (including phenoxy) is 1. The fourth-order valence-electron chi connectivity index (χ4n) is 2.32. The van der Waals surface area contributed by atoms with E-state index in [4.69, 9.17) is 14.8 Å². The van der Waals surface area contributed by atoms with Gasteiger partial charge >= 0.3 is 7.12 Å². The molecule has 0 bridgehead atoms. The molecule has 2 N–H and O–H groups in total. The van der Waals surface area contributed by atoms with E-state index in [1.54, 1.807) is 12.1 Å². The standard InChI is InChI=1S/C13H19BFNO3/c1-10-8-16(5-2-6-19-10)9-11-3-4-12(14(17)18)7-13(11)15/h3-4,7,10,17-18H,2,5-6,8-9H2,1H3. The molecule has 1 aromatic carbocycles. The van der Waals surface area contributed by atoms with Crippen molar-refractivity contribution in [2.24, 2.45) is 0 Å². The van der Waals surface area contributed by atoms with Gasteiger partial charge < -0.3 is 14.8 Å². The second-order valence-electron chi connectivity index (χ2n) is 4.99. The number of hydrogen-bond donors (Lipinski definition) is 2. The Labute approximate surface area is 113 Å². The predicted molar refractivity (Wildman–Crippen MR) is 71.5 cm³/mol. The Morgan fingerprint density at radius 2 is 2.26 bits per heavy atom. The monoisotopic (exact) mass is 267 g/mol. The van der Waals surface area contributed by atoms with E-state index in [1.165, 1.54) is 6.07 Å². The van der Waals surface area contributed by atoms with Gasteiger partial charge in [0.05, 0.1) is 6.10 Å². The predicted octanol–water partition coefficient (Wildman–Crippen LogP) is 0.116. The molecule has 19 heavy (non-hydrogen) atoms. The molecular formula is C13H19BFNO3. The zero-order valence-corrected chi connectivity index (χ0v) is 11.1. The number of halogens is 1. The molecule has 104 valence electrons. The highest BCUT2D eigenvalue weighted by Crippen LogP contribution is 2.13. The van der Waals surface area contributed by atoms with Crippen LogP contribution < -0.4 is 5.46 Å². The van der Waals surface area contributed by atoms with Crippen molar-refractivity contribution in [1.29, 1.82) is 0 Å². The van der Waals surface area contributed by atoms with E-state index in [0.29, 0.717) is 12.1 Å². The summed E-state index contributed by atoms with van der Waals surface area (Å²) in [6.45, 7) is 4.94. The summed E-state index contributed by atoms with van der Waals surface area (Å²) in [5.74, 6) is -0.400. The maximum atomic E-state index is 13.9. The van der Waals surface area contributed by atoms with Crippen LogP contribution in [0, 0.1) is 5.82 Å². The largest absolute Gasteiger partial charge is 0.488 e. The van der Waals surface area contributed by atoms with Crippen LogP contribution in [-0.2, 0) is 11.3 Å². The Kier molecular flexibility index (Phi) is 4.93. The maximum Gasteiger partial charge on any atom is 0.488 e. The summed E-state index contributed by atoms with van der Waals surface area (Å²) >= 11 is 0. The SMILES string of the molecule is CC1CN(Cc2ccc(B(O)O)cc2F)CCCO1. The Morgan fingerprint density at radius 1 is 1.47 bits per heavy atom. The van der Waals surface area contributed by atoms with Crippen molar-refractivity contribution in [1.82, 2.24) is 4.90 Å². The van der Waals surface area contributed by atoms with Gasteiger partial charge in [0.2, 0.25) is 0 Å². The Morgan fingerprint density at radius 3 is 2.95 bits per heavy atom. The highest BCUT2D eigenvalue weighted by atomic mass is 19.1. The van der Waals surface area contributed by atoms with Crippen molar-refractivity contribution >= 4 is 12.6 Å². The summed E-state index contributed by atoms with van der Waals surface area (Å²) < 4.78 is 19.4. The van der Waals surface area contributed by atoms with Crippen LogP contribution in [0.1, 0.15) is 18.9 Å².